The van der Waals surface area contributed by atoms with Crippen molar-refractivity contribution in [2.75, 3.05) is 13.3 Å². The Kier molecular flexibility index (Phi) is 4.05. The van der Waals surface area contributed by atoms with Gasteiger partial charge < -0.3 is 0 Å². The van der Waals surface area contributed by atoms with Crippen molar-refractivity contribution in [3.63, 3.8) is 0 Å². The summed E-state index contributed by atoms with van der Waals surface area (Å²) in [6, 6.07) is 0.752. The van der Waals surface area contributed by atoms with Gasteiger partial charge in [0.15, 0.2) is 0 Å². The van der Waals surface area contributed by atoms with Gasteiger partial charge in [-0.1, -0.05) is 6.42 Å². The van der Waals surface area contributed by atoms with Crippen molar-refractivity contribution in [1.82, 2.24) is 9.88 Å². The molecule has 4 heteroatoms. The molecule has 0 unspecified atom stereocenters. The third-order valence-corrected chi connectivity index (χ3v) is 4.97. The molecule has 1 fully saturated rings. The SMILES string of the molecule is CS[C@@H]1CCC[C@H]1N(C)Cc1cscn1. The third-order valence-electron chi connectivity index (χ3n) is 3.18. The summed E-state index contributed by atoms with van der Waals surface area (Å²) in [5.74, 6) is 0. The Hall–Kier alpha value is -0.0600. The van der Waals surface area contributed by atoms with Gasteiger partial charge in [-0.25, -0.2) is 4.98 Å². The molecule has 1 aromatic rings. The Morgan fingerprint density at radius 1 is 1.60 bits per heavy atom. The van der Waals surface area contributed by atoms with Gasteiger partial charge in [-0.3, -0.25) is 4.90 Å². The Labute approximate surface area is 100 Å². The smallest absolute Gasteiger partial charge is 0.0795 e. The molecule has 0 aliphatic heterocycles. The van der Waals surface area contributed by atoms with Crippen LogP contribution in [-0.2, 0) is 6.54 Å². The highest BCUT2D eigenvalue weighted by atomic mass is 32.2. The van der Waals surface area contributed by atoms with Crippen LogP contribution in [0.4, 0.5) is 0 Å². The molecule has 0 bridgehead atoms. The van der Waals surface area contributed by atoms with E-state index in [0.717, 1.165) is 17.8 Å². The monoisotopic (exact) mass is 242 g/mol. The van der Waals surface area contributed by atoms with Crippen LogP contribution >= 0.6 is 23.1 Å². The normalized spacial score (nSPS) is 26.3. The lowest BCUT2D eigenvalue weighted by molar-refractivity contribution is 0.239. The first-order valence-electron chi connectivity index (χ1n) is 5.41. The van der Waals surface area contributed by atoms with E-state index in [1.165, 1.54) is 25.0 Å². The van der Waals surface area contributed by atoms with Crippen molar-refractivity contribution in [3.05, 3.63) is 16.6 Å². The summed E-state index contributed by atoms with van der Waals surface area (Å²) in [7, 11) is 2.23. The van der Waals surface area contributed by atoms with Gasteiger partial charge in [0, 0.05) is 23.2 Å². The van der Waals surface area contributed by atoms with Crippen LogP contribution in [0.5, 0.6) is 0 Å². The Morgan fingerprint density at radius 3 is 3.13 bits per heavy atom. The molecule has 1 aliphatic rings. The second-order valence-electron chi connectivity index (χ2n) is 4.17. The second-order valence-corrected chi connectivity index (χ2v) is 5.96. The standard InChI is InChI=1S/C11H18N2S2/c1-13(6-9-7-15-8-12-9)10-4-3-5-11(10)14-2/h7-8,10-11H,3-6H2,1-2H3/t10-,11-/m1/s1. The van der Waals surface area contributed by atoms with E-state index >= 15 is 0 Å². The summed E-state index contributed by atoms with van der Waals surface area (Å²) in [6.45, 7) is 1.01. The summed E-state index contributed by atoms with van der Waals surface area (Å²) >= 11 is 3.71. The van der Waals surface area contributed by atoms with Crippen molar-refractivity contribution in [2.45, 2.75) is 37.1 Å². The number of hydrogen-bond acceptors (Lipinski definition) is 4. The highest BCUT2D eigenvalue weighted by Gasteiger charge is 2.29. The third kappa shape index (κ3) is 2.74. The number of aromatic nitrogens is 1. The van der Waals surface area contributed by atoms with Crippen molar-refractivity contribution >= 4 is 23.1 Å². The van der Waals surface area contributed by atoms with Crippen LogP contribution in [0, 0.1) is 0 Å². The fourth-order valence-corrected chi connectivity index (χ4v) is 3.98. The number of rotatable bonds is 4. The van der Waals surface area contributed by atoms with Gasteiger partial charge in [0.25, 0.3) is 0 Å². The van der Waals surface area contributed by atoms with Crippen LogP contribution in [0.25, 0.3) is 0 Å². The largest absolute Gasteiger partial charge is 0.296 e. The van der Waals surface area contributed by atoms with Crippen LogP contribution in [0.2, 0.25) is 0 Å². The molecule has 84 valence electrons. The maximum Gasteiger partial charge on any atom is 0.0795 e. The molecule has 0 aromatic carbocycles. The molecule has 0 saturated heterocycles. The summed E-state index contributed by atoms with van der Waals surface area (Å²) in [5.41, 5.74) is 3.14. The van der Waals surface area contributed by atoms with E-state index in [4.69, 9.17) is 0 Å². The van der Waals surface area contributed by atoms with Crippen LogP contribution in [-0.4, -0.2) is 34.5 Å². The Balaban J connectivity index is 1.92. The minimum Gasteiger partial charge on any atom is -0.296 e. The Morgan fingerprint density at radius 2 is 2.47 bits per heavy atom. The van der Waals surface area contributed by atoms with Crippen LogP contribution < -0.4 is 0 Å². The molecule has 0 radical (unpaired) electrons. The molecule has 2 rings (SSSR count). The molecule has 1 saturated carbocycles. The molecule has 2 atom stereocenters. The van der Waals surface area contributed by atoms with Crippen LogP contribution in [0.3, 0.4) is 0 Å². The van der Waals surface area contributed by atoms with Gasteiger partial charge >= 0.3 is 0 Å². The molecular formula is C11H18N2S2. The van der Waals surface area contributed by atoms with Gasteiger partial charge in [0.05, 0.1) is 11.2 Å². The van der Waals surface area contributed by atoms with Crippen molar-refractivity contribution < 1.29 is 0 Å². The van der Waals surface area contributed by atoms with E-state index in [1.54, 1.807) is 11.3 Å². The maximum absolute atomic E-state index is 4.35. The first-order chi connectivity index (χ1) is 7.31. The summed E-state index contributed by atoms with van der Waals surface area (Å²) in [4.78, 5) is 6.82. The molecule has 0 spiro atoms. The van der Waals surface area contributed by atoms with Crippen molar-refractivity contribution in [2.24, 2.45) is 0 Å². The van der Waals surface area contributed by atoms with Gasteiger partial charge in [0.1, 0.15) is 0 Å². The average molecular weight is 242 g/mol. The number of hydrogen-bond donors (Lipinski definition) is 0. The summed E-state index contributed by atoms with van der Waals surface area (Å²) in [5, 5.41) is 2.98. The van der Waals surface area contributed by atoms with Gasteiger partial charge in [0.2, 0.25) is 0 Å². The predicted octanol–water partition coefficient (Wildman–Crippen LogP) is 2.86. The van der Waals surface area contributed by atoms with E-state index in [0.29, 0.717) is 0 Å². The van der Waals surface area contributed by atoms with E-state index in [9.17, 15) is 0 Å². The highest BCUT2D eigenvalue weighted by molar-refractivity contribution is 7.99. The quantitative estimate of drug-likeness (QED) is 0.807. The maximum atomic E-state index is 4.35. The zero-order valence-electron chi connectivity index (χ0n) is 9.35. The lowest BCUT2D eigenvalue weighted by Gasteiger charge is -2.28. The lowest BCUT2D eigenvalue weighted by atomic mass is 10.2. The summed E-state index contributed by atoms with van der Waals surface area (Å²) < 4.78 is 0. The lowest BCUT2D eigenvalue weighted by Crippen LogP contribution is -2.35. The van der Waals surface area contributed by atoms with Crippen LogP contribution in [0.1, 0.15) is 25.0 Å². The Bertz CT molecular complexity index is 287. The van der Waals surface area contributed by atoms with E-state index in [-0.39, 0.29) is 0 Å². The zero-order valence-corrected chi connectivity index (χ0v) is 11.0. The number of thiazole rings is 1. The highest BCUT2D eigenvalue weighted by Crippen LogP contribution is 2.32. The molecule has 15 heavy (non-hydrogen) atoms. The molecule has 2 nitrogen and oxygen atoms in total. The molecular weight excluding hydrogens is 224 g/mol. The average Bonchev–Trinajstić information content (AvgIpc) is 2.86. The first kappa shape index (κ1) is 11.4. The molecule has 1 heterocycles. The van der Waals surface area contributed by atoms with Crippen molar-refractivity contribution in [3.8, 4) is 0 Å². The molecule has 0 N–H and O–H groups in total. The number of thioether (sulfide) groups is 1. The van der Waals surface area contributed by atoms with E-state index in [2.05, 4.69) is 28.6 Å². The first-order valence-corrected chi connectivity index (χ1v) is 7.64. The summed E-state index contributed by atoms with van der Waals surface area (Å²) in [6.07, 6.45) is 6.36. The van der Waals surface area contributed by atoms with Crippen molar-refractivity contribution in [1.29, 1.82) is 0 Å². The van der Waals surface area contributed by atoms with E-state index < -0.39 is 0 Å². The van der Waals surface area contributed by atoms with Gasteiger partial charge in [-0.2, -0.15) is 11.8 Å². The van der Waals surface area contributed by atoms with Gasteiger partial charge in [-0.05, 0) is 26.1 Å². The van der Waals surface area contributed by atoms with Gasteiger partial charge in [-0.15, -0.1) is 11.3 Å². The molecule has 1 aromatic heterocycles. The minimum absolute atomic E-state index is 0.752. The topological polar surface area (TPSA) is 16.1 Å². The molecule has 0 amide bonds. The fourth-order valence-electron chi connectivity index (χ4n) is 2.37. The van der Waals surface area contributed by atoms with Crippen LogP contribution in [0.15, 0.2) is 10.9 Å². The molecule has 1 aliphatic carbocycles. The second kappa shape index (κ2) is 5.32. The zero-order chi connectivity index (χ0) is 10.7. The predicted molar refractivity (Wildman–Crippen MR) is 68.5 cm³/mol. The number of nitrogens with zero attached hydrogens (tertiary/aromatic N) is 2. The van der Waals surface area contributed by atoms with E-state index in [1.807, 2.05) is 17.3 Å². The fraction of sp³-hybridized carbons (Fsp3) is 0.727. The minimum atomic E-state index is 0.752.